The van der Waals surface area contributed by atoms with Crippen molar-refractivity contribution in [1.29, 1.82) is 0 Å². The molecule has 6 nitrogen and oxygen atoms in total. The van der Waals surface area contributed by atoms with Gasteiger partial charge < -0.3 is 20.4 Å². The van der Waals surface area contributed by atoms with Gasteiger partial charge in [-0.25, -0.2) is 0 Å². The van der Waals surface area contributed by atoms with Crippen LogP contribution in [0.15, 0.2) is 35.3 Å². The standard InChI is InChI=1S/C16H23N5O.HI/c22-15(13-19-16-17-7-4-8-18-16)21-11-9-20(10-12-21)14-5-2-1-3-6-14;/h1-3,5-6H,4,7-13H2,(H2,17,18,19);1H. The monoisotopic (exact) mass is 429 g/mol. The Labute approximate surface area is 154 Å². The lowest BCUT2D eigenvalue weighted by Crippen LogP contribution is -2.52. The van der Waals surface area contributed by atoms with Crippen LogP contribution < -0.4 is 15.5 Å². The molecule has 23 heavy (non-hydrogen) atoms. The molecule has 0 radical (unpaired) electrons. The average molecular weight is 429 g/mol. The molecule has 2 heterocycles. The Balaban J connectivity index is 0.00000192. The number of rotatable bonds is 3. The highest BCUT2D eigenvalue weighted by molar-refractivity contribution is 14.0. The van der Waals surface area contributed by atoms with Crippen molar-refractivity contribution in [1.82, 2.24) is 15.5 Å². The molecule has 2 aliphatic heterocycles. The van der Waals surface area contributed by atoms with Gasteiger partial charge in [0.2, 0.25) is 5.91 Å². The number of halogens is 1. The third kappa shape index (κ3) is 4.98. The second-order valence-corrected chi connectivity index (χ2v) is 5.57. The van der Waals surface area contributed by atoms with E-state index in [-0.39, 0.29) is 29.9 Å². The number of aliphatic imine (C=N–C) groups is 1. The maximum Gasteiger partial charge on any atom is 0.242 e. The smallest absolute Gasteiger partial charge is 0.242 e. The summed E-state index contributed by atoms with van der Waals surface area (Å²) in [7, 11) is 0. The van der Waals surface area contributed by atoms with Crippen LogP contribution in [0, 0.1) is 0 Å². The van der Waals surface area contributed by atoms with E-state index in [2.05, 4.69) is 44.8 Å². The minimum absolute atomic E-state index is 0. The summed E-state index contributed by atoms with van der Waals surface area (Å²) in [5, 5.41) is 6.26. The molecule has 0 aromatic heterocycles. The molecule has 0 aliphatic carbocycles. The molecule has 1 amide bonds. The van der Waals surface area contributed by atoms with E-state index in [9.17, 15) is 4.79 Å². The van der Waals surface area contributed by atoms with Crippen LogP contribution in [0.2, 0.25) is 0 Å². The van der Waals surface area contributed by atoms with Gasteiger partial charge in [0.15, 0.2) is 5.96 Å². The molecule has 7 heteroatoms. The van der Waals surface area contributed by atoms with Crippen molar-refractivity contribution in [2.75, 3.05) is 50.7 Å². The highest BCUT2D eigenvalue weighted by atomic mass is 127. The van der Waals surface area contributed by atoms with Crippen molar-refractivity contribution in [3.8, 4) is 0 Å². The van der Waals surface area contributed by atoms with E-state index in [1.807, 2.05) is 11.0 Å². The number of hydrogen-bond donors (Lipinski definition) is 2. The van der Waals surface area contributed by atoms with Gasteiger partial charge >= 0.3 is 0 Å². The average Bonchev–Trinajstić information content (AvgIpc) is 2.61. The first-order chi connectivity index (χ1) is 10.8. The Morgan fingerprint density at radius 1 is 1.17 bits per heavy atom. The van der Waals surface area contributed by atoms with Gasteiger partial charge in [0, 0.05) is 45.0 Å². The first-order valence-corrected chi connectivity index (χ1v) is 7.93. The number of nitrogens with zero attached hydrogens (tertiary/aromatic N) is 3. The second kappa shape index (κ2) is 8.95. The second-order valence-electron chi connectivity index (χ2n) is 5.57. The van der Waals surface area contributed by atoms with E-state index in [0.29, 0.717) is 6.54 Å². The zero-order valence-corrected chi connectivity index (χ0v) is 15.5. The van der Waals surface area contributed by atoms with Gasteiger partial charge in [-0.3, -0.25) is 9.79 Å². The molecule has 3 rings (SSSR count). The lowest BCUT2D eigenvalue weighted by Gasteiger charge is -2.36. The number of hydrogen-bond acceptors (Lipinski definition) is 5. The molecule has 1 aromatic rings. The lowest BCUT2D eigenvalue weighted by atomic mass is 10.2. The van der Waals surface area contributed by atoms with E-state index < -0.39 is 0 Å². The van der Waals surface area contributed by atoms with Crippen LogP contribution in [0.25, 0.3) is 0 Å². The Hall–Kier alpha value is -1.51. The summed E-state index contributed by atoms with van der Waals surface area (Å²) in [4.78, 5) is 20.8. The quantitative estimate of drug-likeness (QED) is 0.702. The Bertz CT molecular complexity index is 529. The highest BCUT2D eigenvalue weighted by Crippen LogP contribution is 2.15. The van der Waals surface area contributed by atoms with E-state index >= 15 is 0 Å². The van der Waals surface area contributed by atoms with Crippen LogP contribution in [0.1, 0.15) is 6.42 Å². The predicted molar refractivity (Wildman–Crippen MR) is 104 cm³/mol. The van der Waals surface area contributed by atoms with Gasteiger partial charge in [-0.05, 0) is 18.6 Å². The molecule has 1 saturated heterocycles. The van der Waals surface area contributed by atoms with E-state index in [4.69, 9.17) is 0 Å². The van der Waals surface area contributed by atoms with Crippen molar-refractivity contribution < 1.29 is 4.79 Å². The highest BCUT2D eigenvalue weighted by Gasteiger charge is 2.21. The first kappa shape index (κ1) is 17.8. The molecule has 2 aliphatic rings. The van der Waals surface area contributed by atoms with Crippen LogP contribution in [-0.2, 0) is 4.79 Å². The number of piperazine rings is 1. The number of para-hydroxylation sites is 1. The molecule has 1 aromatic carbocycles. The first-order valence-electron chi connectivity index (χ1n) is 7.93. The maximum atomic E-state index is 12.2. The molecule has 0 saturated carbocycles. The van der Waals surface area contributed by atoms with Gasteiger partial charge in [-0.2, -0.15) is 0 Å². The Morgan fingerprint density at radius 2 is 1.91 bits per heavy atom. The van der Waals surface area contributed by atoms with Crippen LogP contribution in [0.4, 0.5) is 5.69 Å². The van der Waals surface area contributed by atoms with Crippen molar-refractivity contribution in [2.45, 2.75) is 6.42 Å². The minimum Gasteiger partial charge on any atom is -0.368 e. The summed E-state index contributed by atoms with van der Waals surface area (Å²) in [6.07, 6.45) is 1.06. The molecule has 0 bridgehead atoms. The number of carbonyl (C=O) groups is 1. The third-order valence-electron chi connectivity index (χ3n) is 4.06. The molecule has 0 spiro atoms. The summed E-state index contributed by atoms with van der Waals surface area (Å²) >= 11 is 0. The zero-order valence-electron chi connectivity index (χ0n) is 13.2. The molecule has 1 fully saturated rings. The molecular weight excluding hydrogens is 405 g/mol. The van der Waals surface area contributed by atoms with E-state index in [0.717, 1.165) is 51.6 Å². The van der Waals surface area contributed by atoms with Crippen molar-refractivity contribution in [3.63, 3.8) is 0 Å². The van der Waals surface area contributed by atoms with Gasteiger partial charge in [0.1, 0.15) is 0 Å². The fourth-order valence-electron chi connectivity index (χ4n) is 2.78. The van der Waals surface area contributed by atoms with Gasteiger partial charge in [-0.15, -0.1) is 24.0 Å². The summed E-state index contributed by atoms with van der Waals surface area (Å²) in [5.74, 6) is 0.894. The molecular formula is C16H24IN5O. The number of guanidine groups is 1. The minimum atomic E-state index is 0. The molecule has 126 valence electrons. The number of carbonyl (C=O) groups excluding carboxylic acids is 1. The SMILES string of the molecule is I.O=C(CNC1=NCCCN1)N1CCN(c2ccccc2)CC1. The topological polar surface area (TPSA) is 60.0 Å². The van der Waals surface area contributed by atoms with Crippen LogP contribution >= 0.6 is 24.0 Å². The lowest BCUT2D eigenvalue weighted by molar-refractivity contribution is -0.130. The van der Waals surface area contributed by atoms with Crippen LogP contribution in [-0.4, -0.2) is 62.6 Å². The fraction of sp³-hybridized carbons (Fsp3) is 0.500. The number of amides is 1. The van der Waals surface area contributed by atoms with Crippen molar-refractivity contribution in [2.24, 2.45) is 4.99 Å². The molecule has 2 N–H and O–H groups in total. The van der Waals surface area contributed by atoms with Crippen molar-refractivity contribution in [3.05, 3.63) is 30.3 Å². The molecule has 0 atom stereocenters. The van der Waals surface area contributed by atoms with E-state index in [1.165, 1.54) is 5.69 Å². The Morgan fingerprint density at radius 3 is 2.57 bits per heavy atom. The number of anilines is 1. The van der Waals surface area contributed by atoms with Gasteiger partial charge in [0.25, 0.3) is 0 Å². The number of nitrogens with one attached hydrogen (secondary N) is 2. The van der Waals surface area contributed by atoms with Crippen LogP contribution in [0.5, 0.6) is 0 Å². The number of benzene rings is 1. The van der Waals surface area contributed by atoms with Gasteiger partial charge in [-0.1, -0.05) is 18.2 Å². The zero-order chi connectivity index (χ0) is 15.2. The summed E-state index contributed by atoms with van der Waals surface area (Å²) < 4.78 is 0. The third-order valence-corrected chi connectivity index (χ3v) is 4.06. The predicted octanol–water partition coefficient (Wildman–Crippen LogP) is 0.892. The van der Waals surface area contributed by atoms with E-state index in [1.54, 1.807) is 0 Å². The van der Waals surface area contributed by atoms with Crippen molar-refractivity contribution >= 4 is 41.5 Å². The summed E-state index contributed by atoms with van der Waals surface area (Å²) in [6, 6.07) is 10.4. The summed E-state index contributed by atoms with van der Waals surface area (Å²) in [5.41, 5.74) is 1.23. The van der Waals surface area contributed by atoms with Crippen LogP contribution in [0.3, 0.4) is 0 Å². The Kier molecular flexibility index (Phi) is 6.94. The van der Waals surface area contributed by atoms with Gasteiger partial charge in [0.05, 0.1) is 6.54 Å². The fourth-order valence-corrected chi connectivity index (χ4v) is 2.78. The normalized spacial score (nSPS) is 17.7. The summed E-state index contributed by atoms with van der Waals surface area (Å²) in [6.45, 7) is 5.39. The molecule has 0 unspecified atom stereocenters. The maximum absolute atomic E-state index is 12.2. The largest absolute Gasteiger partial charge is 0.368 e.